The first-order chi connectivity index (χ1) is 14.1. The van der Waals surface area contributed by atoms with Crippen LogP contribution in [0.5, 0.6) is 0 Å². The van der Waals surface area contributed by atoms with Gasteiger partial charge in [-0.15, -0.1) is 0 Å². The van der Waals surface area contributed by atoms with Gasteiger partial charge >= 0.3 is 0 Å². The van der Waals surface area contributed by atoms with Gasteiger partial charge in [0.2, 0.25) is 5.76 Å². The molecule has 3 heterocycles. The lowest BCUT2D eigenvalue weighted by atomic mass is 9.93. The summed E-state index contributed by atoms with van der Waals surface area (Å²) < 4.78 is 37.1. The molecule has 1 aromatic carbocycles. The molecule has 0 aliphatic carbocycles. The number of aromatic nitrogens is 1. The maximum absolute atomic E-state index is 13.4. The quantitative estimate of drug-likeness (QED) is 0.827. The molecule has 29 heavy (non-hydrogen) atoms. The molecule has 0 bridgehead atoms. The minimum atomic E-state index is -0.825. The van der Waals surface area contributed by atoms with Crippen molar-refractivity contribution in [1.82, 2.24) is 15.4 Å². The van der Waals surface area contributed by atoms with Crippen LogP contribution in [0.1, 0.15) is 53.4 Å². The van der Waals surface area contributed by atoms with Gasteiger partial charge in [0.15, 0.2) is 11.6 Å². The average molecular weight is 405 g/mol. The van der Waals surface area contributed by atoms with Gasteiger partial charge in [0.25, 0.3) is 5.91 Å². The number of hydrogen-bond acceptors (Lipinski definition) is 5. The summed E-state index contributed by atoms with van der Waals surface area (Å²) in [6.45, 7) is 3.49. The second-order valence-electron chi connectivity index (χ2n) is 7.80. The molecule has 2 aliphatic rings. The lowest BCUT2D eigenvalue weighted by molar-refractivity contribution is 0.0608. The highest BCUT2D eigenvalue weighted by Crippen LogP contribution is 2.28. The molecule has 4 rings (SSSR count). The number of likely N-dealkylation sites (tertiary alicyclic amines) is 1. The summed E-state index contributed by atoms with van der Waals surface area (Å²) in [5.41, 5.74) is 1.55. The SMILES string of the molecule is O=C(NC1CCCOC1)c1cc(C2CCN(Cc3ccc(F)c(F)c3)CC2)no1. The van der Waals surface area contributed by atoms with Gasteiger partial charge in [-0.1, -0.05) is 11.2 Å². The number of hydrogen-bond donors (Lipinski definition) is 1. The second-order valence-corrected chi connectivity index (χ2v) is 7.80. The van der Waals surface area contributed by atoms with Crippen LogP contribution in [-0.2, 0) is 11.3 Å². The summed E-state index contributed by atoms with van der Waals surface area (Å²) in [5.74, 6) is -1.44. The van der Waals surface area contributed by atoms with Crippen molar-refractivity contribution in [3.63, 3.8) is 0 Å². The largest absolute Gasteiger partial charge is 0.379 e. The number of piperidine rings is 1. The third kappa shape index (κ3) is 5.00. The molecular weight excluding hydrogens is 380 g/mol. The molecule has 2 aliphatic heterocycles. The number of halogens is 2. The van der Waals surface area contributed by atoms with Gasteiger partial charge in [0.1, 0.15) is 0 Å². The Morgan fingerprint density at radius 2 is 2.00 bits per heavy atom. The van der Waals surface area contributed by atoms with Gasteiger partial charge in [-0.3, -0.25) is 9.69 Å². The van der Waals surface area contributed by atoms with Crippen molar-refractivity contribution in [2.24, 2.45) is 0 Å². The highest BCUT2D eigenvalue weighted by Gasteiger charge is 2.26. The van der Waals surface area contributed by atoms with Crippen LogP contribution in [0.4, 0.5) is 8.78 Å². The van der Waals surface area contributed by atoms with Crippen LogP contribution in [0.25, 0.3) is 0 Å². The molecule has 2 fully saturated rings. The van der Waals surface area contributed by atoms with Crippen molar-refractivity contribution in [2.75, 3.05) is 26.3 Å². The number of rotatable bonds is 5. The van der Waals surface area contributed by atoms with E-state index in [0.717, 1.165) is 56.6 Å². The van der Waals surface area contributed by atoms with Crippen molar-refractivity contribution in [1.29, 1.82) is 0 Å². The fraction of sp³-hybridized carbons (Fsp3) is 0.524. The summed E-state index contributed by atoms with van der Waals surface area (Å²) in [5, 5.41) is 7.04. The fourth-order valence-electron chi connectivity index (χ4n) is 3.98. The van der Waals surface area contributed by atoms with Crippen LogP contribution in [-0.4, -0.2) is 48.3 Å². The first-order valence-corrected chi connectivity index (χ1v) is 10.1. The van der Waals surface area contributed by atoms with Crippen molar-refractivity contribution >= 4 is 5.91 Å². The number of carbonyl (C=O) groups is 1. The van der Waals surface area contributed by atoms with Gasteiger partial charge in [-0.05, 0) is 56.5 Å². The fourth-order valence-corrected chi connectivity index (χ4v) is 3.98. The molecule has 2 saturated heterocycles. The predicted molar refractivity (Wildman–Crippen MR) is 101 cm³/mol. The van der Waals surface area contributed by atoms with Crippen LogP contribution in [0.2, 0.25) is 0 Å². The Hall–Kier alpha value is -2.32. The molecule has 0 radical (unpaired) electrons. The summed E-state index contributed by atoms with van der Waals surface area (Å²) >= 11 is 0. The minimum Gasteiger partial charge on any atom is -0.379 e. The molecule has 0 saturated carbocycles. The van der Waals surface area contributed by atoms with Crippen molar-refractivity contribution in [3.05, 3.63) is 52.9 Å². The molecule has 2 aromatic rings. The highest BCUT2D eigenvalue weighted by molar-refractivity contribution is 5.91. The smallest absolute Gasteiger partial charge is 0.290 e. The Labute approximate surface area is 168 Å². The molecule has 6 nitrogen and oxygen atoms in total. The van der Waals surface area contributed by atoms with Crippen LogP contribution in [0.15, 0.2) is 28.8 Å². The average Bonchev–Trinajstić information content (AvgIpc) is 3.23. The molecule has 8 heteroatoms. The van der Waals surface area contributed by atoms with Gasteiger partial charge in [-0.2, -0.15) is 0 Å². The lowest BCUT2D eigenvalue weighted by Gasteiger charge is -2.31. The zero-order chi connectivity index (χ0) is 20.2. The first-order valence-electron chi connectivity index (χ1n) is 10.1. The van der Waals surface area contributed by atoms with Crippen LogP contribution in [0.3, 0.4) is 0 Å². The molecule has 156 valence electrons. The molecular formula is C21H25F2N3O3. The number of amides is 1. The Bertz CT molecular complexity index is 843. The van der Waals surface area contributed by atoms with Crippen molar-refractivity contribution in [3.8, 4) is 0 Å². The van der Waals surface area contributed by atoms with E-state index in [9.17, 15) is 13.6 Å². The van der Waals surface area contributed by atoms with E-state index in [1.807, 2.05) is 0 Å². The highest BCUT2D eigenvalue weighted by atomic mass is 19.2. The third-order valence-corrected chi connectivity index (χ3v) is 5.64. The van der Waals surface area contributed by atoms with Crippen LogP contribution < -0.4 is 5.32 Å². The number of benzene rings is 1. The standard InChI is InChI=1S/C21H25F2N3O3/c22-17-4-3-14(10-18(17)23)12-26-7-5-15(6-8-26)19-11-20(29-25-19)21(27)24-16-2-1-9-28-13-16/h3-4,10-11,15-16H,1-2,5-9,12-13H2,(H,24,27). The molecule has 1 atom stereocenters. The number of nitrogens with zero attached hydrogens (tertiary/aromatic N) is 2. The topological polar surface area (TPSA) is 67.6 Å². The van der Waals surface area contributed by atoms with E-state index in [0.29, 0.717) is 13.2 Å². The molecule has 1 N–H and O–H groups in total. The molecule has 1 unspecified atom stereocenters. The number of carbonyl (C=O) groups excluding carboxylic acids is 1. The van der Waals surface area contributed by atoms with E-state index in [-0.39, 0.29) is 23.6 Å². The third-order valence-electron chi connectivity index (χ3n) is 5.64. The molecule has 1 aromatic heterocycles. The molecule has 1 amide bonds. The lowest BCUT2D eigenvalue weighted by Crippen LogP contribution is -2.40. The van der Waals surface area contributed by atoms with E-state index in [2.05, 4.69) is 15.4 Å². The van der Waals surface area contributed by atoms with Crippen LogP contribution >= 0.6 is 0 Å². The van der Waals surface area contributed by atoms with Gasteiger partial charge in [0.05, 0.1) is 18.3 Å². The van der Waals surface area contributed by atoms with E-state index >= 15 is 0 Å². The molecule has 0 spiro atoms. The van der Waals surface area contributed by atoms with E-state index in [1.165, 1.54) is 12.1 Å². The maximum atomic E-state index is 13.4. The second kappa shape index (κ2) is 9.00. The summed E-state index contributed by atoms with van der Waals surface area (Å²) in [7, 11) is 0. The van der Waals surface area contributed by atoms with Crippen LogP contribution in [0, 0.1) is 11.6 Å². The van der Waals surface area contributed by atoms with E-state index in [4.69, 9.17) is 9.26 Å². The zero-order valence-electron chi connectivity index (χ0n) is 16.2. The summed E-state index contributed by atoms with van der Waals surface area (Å²) in [4.78, 5) is 14.6. The summed E-state index contributed by atoms with van der Waals surface area (Å²) in [6.07, 6.45) is 3.58. The van der Waals surface area contributed by atoms with Gasteiger partial charge in [0, 0.05) is 25.1 Å². The summed E-state index contributed by atoms with van der Waals surface area (Å²) in [6, 6.07) is 5.78. The number of nitrogens with one attached hydrogen (secondary N) is 1. The van der Waals surface area contributed by atoms with Crippen molar-refractivity contribution < 1.29 is 22.8 Å². The predicted octanol–water partition coefficient (Wildman–Crippen LogP) is 3.24. The van der Waals surface area contributed by atoms with Gasteiger partial charge in [-0.25, -0.2) is 8.78 Å². The Kier molecular flexibility index (Phi) is 6.20. The van der Waals surface area contributed by atoms with Crippen molar-refractivity contribution in [2.45, 2.75) is 44.2 Å². The zero-order valence-corrected chi connectivity index (χ0v) is 16.2. The first kappa shape index (κ1) is 20.0. The Morgan fingerprint density at radius 1 is 1.17 bits per heavy atom. The Morgan fingerprint density at radius 3 is 2.72 bits per heavy atom. The van der Waals surface area contributed by atoms with E-state index < -0.39 is 11.6 Å². The van der Waals surface area contributed by atoms with Gasteiger partial charge < -0.3 is 14.6 Å². The monoisotopic (exact) mass is 405 g/mol. The van der Waals surface area contributed by atoms with E-state index in [1.54, 1.807) is 12.1 Å². The number of ether oxygens (including phenoxy) is 1. The normalized spacial score (nSPS) is 21.2. The Balaban J connectivity index is 1.28. The minimum absolute atomic E-state index is 0.0179. The maximum Gasteiger partial charge on any atom is 0.290 e.